The largest absolute Gasteiger partial charge is 0.352 e. The number of halogens is 1. The summed E-state index contributed by atoms with van der Waals surface area (Å²) in [5.41, 5.74) is 4.29. The lowest BCUT2D eigenvalue weighted by molar-refractivity contribution is 0.208. The van der Waals surface area contributed by atoms with Crippen LogP contribution >= 0.6 is 11.6 Å². The monoisotopic (exact) mass is 398 g/mol. The van der Waals surface area contributed by atoms with E-state index >= 15 is 0 Å². The highest BCUT2D eigenvalue weighted by atomic mass is 35.5. The number of benzene rings is 1. The first-order valence-electron chi connectivity index (χ1n) is 9.45. The number of imidazole rings is 1. The number of fused-ring (bicyclic) bond motifs is 1. The Balaban J connectivity index is 1.41. The lowest BCUT2D eigenvalue weighted by Gasteiger charge is -2.35. The number of aromatic amines is 1. The van der Waals surface area contributed by atoms with E-state index in [2.05, 4.69) is 51.1 Å². The standard InChI is InChI=1S/C20H23ClN6O/c1-3-14-12-17-16(11-13(14)2)23-19(24-17)25-20(28)27-9-7-26(8-10-27)18-15(21)5-4-6-22-18/h4-6,11-12H,3,7-10H2,1-2H3,(H2,23,24,25,28). The third-order valence-corrected chi connectivity index (χ3v) is 5.45. The van der Waals surface area contributed by atoms with E-state index in [1.54, 1.807) is 11.1 Å². The van der Waals surface area contributed by atoms with E-state index in [1.807, 2.05) is 12.1 Å². The molecule has 3 aromatic rings. The Labute approximate surface area is 168 Å². The lowest BCUT2D eigenvalue weighted by Crippen LogP contribution is -2.50. The number of anilines is 2. The molecular weight excluding hydrogens is 376 g/mol. The molecule has 28 heavy (non-hydrogen) atoms. The number of H-pyrrole nitrogens is 1. The minimum absolute atomic E-state index is 0.154. The average Bonchev–Trinajstić information content (AvgIpc) is 3.08. The fraction of sp³-hybridized carbons (Fsp3) is 0.350. The topological polar surface area (TPSA) is 77.2 Å². The van der Waals surface area contributed by atoms with E-state index < -0.39 is 0 Å². The highest BCUT2D eigenvalue weighted by Gasteiger charge is 2.23. The number of pyridine rings is 1. The van der Waals surface area contributed by atoms with Crippen molar-refractivity contribution in [2.45, 2.75) is 20.3 Å². The molecule has 0 spiro atoms. The Morgan fingerprint density at radius 3 is 2.79 bits per heavy atom. The second-order valence-electron chi connectivity index (χ2n) is 6.95. The van der Waals surface area contributed by atoms with Crippen molar-refractivity contribution < 1.29 is 4.79 Å². The molecule has 1 fully saturated rings. The molecule has 0 bridgehead atoms. The number of aryl methyl sites for hydroxylation is 2. The number of carbonyl (C=O) groups excluding carboxylic acids is 1. The van der Waals surface area contributed by atoms with Crippen molar-refractivity contribution in [2.24, 2.45) is 0 Å². The summed E-state index contributed by atoms with van der Waals surface area (Å²) in [6.45, 7) is 6.77. The molecule has 1 saturated heterocycles. The van der Waals surface area contributed by atoms with Crippen LogP contribution in [-0.2, 0) is 6.42 Å². The Morgan fingerprint density at radius 1 is 1.29 bits per heavy atom. The highest BCUT2D eigenvalue weighted by Crippen LogP contribution is 2.24. The Hall–Kier alpha value is -2.80. The fourth-order valence-electron chi connectivity index (χ4n) is 3.56. The van der Waals surface area contributed by atoms with Gasteiger partial charge in [-0.3, -0.25) is 5.32 Å². The van der Waals surface area contributed by atoms with E-state index in [-0.39, 0.29) is 6.03 Å². The summed E-state index contributed by atoms with van der Waals surface area (Å²) in [6.07, 6.45) is 2.69. The summed E-state index contributed by atoms with van der Waals surface area (Å²) in [7, 11) is 0. The Kier molecular flexibility index (Phi) is 5.09. The summed E-state index contributed by atoms with van der Waals surface area (Å²) < 4.78 is 0. The van der Waals surface area contributed by atoms with Gasteiger partial charge in [0.2, 0.25) is 5.95 Å². The number of rotatable bonds is 3. The highest BCUT2D eigenvalue weighted by molar-refractivity contribution is 6.32. The summed E-state index contributed by atoms with van der Waals surface area (Å²) >= 11 is 6.23. The fourth-order valence-corrected chi connectivity index (χ4v) is 3.80. The summed E-state index contributed by atoms with van der Waals surface area (Å²) in [5, 5.41) is 3.51. The predicted molar refractivity (Wildman–Crippen MR) is 112 cm³/mol. The molecule has 0 aliphatic carbocycles. The van der Waals surface area contributed by atoms with Gasteiger partial charge in [0, 0.05) is 32.4 Å². The minimum atomic E-state index is -0.154. The molecule has 0 radical (unpaired) electrons. The van der Waals surface area contributed by atoms with E-state index in [0.29, 0.717) is 37.1 Å². The maximum Gasteiger partial charge on any atom is 0.324 e. The number of aromatic nitrogens is 3. The number of hydrogen-bond acceptors (Lipinski definition) is 4. The number of carbonyl (C=O) groups is 1. The second kappa shape index (κ2) is 7.67. The average molecular weight is 399 g/mol. The van der Waals surface area contributed by atoms with Crippen molar-refractivity contribution in [2.75, 3.05) is 36.4 Å². The summed E-state index contributed by atoms with van der Waals surface area (Å²) in [6, 6.07) is 7.64. The van der Waals surface area contributed by atoms with Crippen LogP contribution in [0.4, 0.5) is 16.6 Å². The number of amides is 2. The van der Waals surface area contributed by atoms with Gasteiger partial charge in [-0.1, -0.05) is 18.5 Å². The van der Waals surface area contributed by atoms with Gasteiger partial charge in [0.05, 0.1) is 16.1 Å². The summed E-state index contributed by atoms with van der Waals surface area (Å²) in [5.74, 6) is 1.24. The van der Waals surface area contributed by atoms with Crippen molar-refractivity contribution in [3.05, 3.63) is 46.6 Å². The van der Waals surface area contributed by atoms with Crippen molar-refractivity contribution in [1.29, 1.82) is 0 Å². The molecule has 1 aromatic carbocycles. The number of urea groups is 1. The summed E-state index contributed by atoms with van der Waals surface area (Å²) in [4.78, 5) is 28.6. The molecule has 2 aromatic heterocycles. The third kappa shape index (κ3) is 3.62. The van der Waals surface area contributed by atoms with Gasteiger partial charge in [0.25, 0.3) is 0 Å². The normalized spacial score (nSPS) is 14.5. The Bertz CT molecular complexity index is 1010. The number of nitrogens with zero attached hydrogens (tertiary/aromatic N) is 4. The molecule has 2 N–H and O–H groups in total. The molecule has 7 nitrogen and oxygen atoms in total. The van der Waals surface area contributed by atoms with Gasteiger partial charge in [-0.05, 0) is 48.7 Å². The van der Waals surface area contributed by atoms with E-state index in [9.17, 15) is 4.79 Å². The Morgan fingerprint density at radius 2 is 2.07 bits per heavy atom. The van der Waals surface area contributed by atoms with Gasteiger partial charge < -0.3 is 14.8 Å². The van der Waals surface area contributed by atoms with Gasteiger partial charge in [-0.25, -0.2) is 14.8 Å². The molecule has 1 aliphatic rings. The SMILES string of the molecule is CCc1cc2nc(NC(=O)N3CCN(c4ncccc4Cl)CC3)[nH]c2cc1C. The quantitative estimate of drug-likeness (QED) is 0.702. The van der Waals surface area contributed by atoms with Crippen LogP contribution in [0.3, 0.4) is 0 Å². The maximum absolute atomic E-state index is 12.6. The van der Waals surface area contributed by atoms with Crippen LogP contribution in [-0.4, -0.2) is 52.1 Å². The molecule has 146 valence electrons. The van der Waals surface area contributed by atoms with Crippen LogP contribution in [0.2, 0.25) is 5.02 Å². The zero-order valence-corrected chi connectivity index (χ0v) is 16.8. The first kappa shape index (κ1) is 18.6. The zero-order chi connectivity index (χ0) is 19.7. The van der Waals surface area contributed by atoms with Crippen molar-refractivity contribution in [3.63, 3.8) is 0 Å². The van der Waals surface area contributed by atoms with Crippen molar-refractivity contribution >= 4 is 40.4 Å². The number of piperazine rings is 1. The third-order valence-electron chi connectivity index (χ3n) is 5.15. The van der Waals surface area contributed by atoms with E-state index in [0.717, 1.165) is 23.3 Å². The van der Waals surface area contributed by atoms with Gasteiger partial charge in [0.15, 0.2) is 0 Å². The van der Waals surface area contributed by atoms with Crippen LogP contribution in [0.1, 0.15) is 18.1 Å². The molecule has 8 heteroatoms. The molecular formula is C20H23ClN6O. The minimum Gasteiger partial charge on any atom is -0.352 e. The van der Waals surface area contributed by atoms with Crippen molar-refractivity contribution in [3.8, 4) is 0 Å². The molecule has 1 aliphatic heterocycles. The van der Waals surface area contributed by atoms with Crippen LogP contribution in [0.25, 0.3) is 11.0 Å². The molecule has 0 atom stereocenters. The van der Waals surface area contributed by atoms with E-state index in [1.165, 1.54) is 11.1 Å². The van der Waals surface area contributed by atoms with Gasteiger partial charge in [-0.2, -0.15) is 0 Å². The molecule has 0 unspecified atom stereocenters. The maximum atomic E-state index is 12.6. The van der Waals surface area contributed by atoms with Crippen LogP contribution < -0.4 is 10.2 Å². The predicted octanol–water partition coefficient (Wildman–Crippen LogP) is 3.84. The zero-order valence-electron chi connectivity index (χ0n) is 16.0. The smallest absolute Gasteiger partial charge is 0.324 e. The molecule has 0 saturated carbocycles. The molecule has 2 amide bonds. The second-order valence-corrected chi connectivity index (χ2v) is 7.36. The van der Waals surface area contributed by atoms with Gasteiger partial charge in [0.1, 0.15) is 5.82 Å². The van der Waals surface area contributed by atoms with Gasteiger partial charge >= 0.3 is 6.03 Å². The van der Waals surface area contributed by atoms with Crippen LogP contribution in [0.5, 0.6) is 0 Å². The number of hydrogen-bond donors (Lipinski definition) is 2. The first-order chi connectivity index (χ1) is 13.5. The molecule has 4 rings (SSSR count). The van der Waals surface area contributed by atoms with Gasteiger partial charge in [-0.15, -0.1) is 0 Å². The molecule has 3 heterocycles. The number of nitrogens with one attached hydrogen (secondary N) is 2. The lowest BCUT2D eigenvalue weighted by atomic mass is 10.1. The van der Waals surface area contributed by atoms with Crippen LogP contribution in [0.15, 0.2) is 30.5 Å². The van der Waals surface area contributed by atoms with E-state index in [4.69, 9.17) is 11.6 Å². The first-order valence-corrected chi connectivity index (χ1v) is 9.83. The van der Waals surface area contributed by atoms with Crippen LogP contribution in [0, 0.1) is 6.92 Å². The van der Waals surface area contributed by atoms with Crippen molar-refractivity contribution in [1.82, 2.24) is 19.9 Å².